The van der Waals surface area contributed by atoms with Crippen molar-refractivity contribution in [2.75, 3.05) is 0 Å². The van der Waals surface area contributed by atoms with E-state index in [1.54, 1.807) is 36.4 Å². The highest BCUT2D eigenvalue weighted by Crippen LogP contribution is 2.39. The van der Waals surface area contributed by atoms with Crippen LogP contribution in [-0.4, -0.2) is 0 Å². The van der Waals surface area contributed by atoms with E-state index >= 15 is 0 Å². The number of rotatable bonds is 2. The summed E-state index contributed by atoms with van der Waals surface area (Å²) in [6.07, 6.45) is -5.17. The van der Waals surface area contributed by atoms with Gasteiger partial charge in [-0.1, -0.05) is 42.5 Å². The van der Waals surface area contributed by atoms with E-state index in [4.69, 9.17) is 0 Å². The van der Waals surface area contributed by atoms with Crippen LogP contribution < -0.4 is 0 Å². The molecule has 0 bridgehead atoms. The summed E-state index contributed by atoms with van der Waals surface area (Å²) in [6, 6.07) is 13.4. The van der Waals surface area contributed by atoms with Crippen LogP contribution in [0.15, 0.2) is 54.6 Å². The zero-order valence-electron chi connectivity index (χ0n) is 13.5. The first-order chi connectivity index (χ1) is 12.2. The van der Waals surface area contributed by atoms with E-state index < -0.39 is 34.8 Å². The van der Waals surface area contributed by atoms with Crippen molar-refractivity contribution in [3.63, 3.8) is 0 Å². The van der Waals surface area contributed by atoms with Gasteiger partial charge in [0.1, 0.15) is 23.0 Å². The molecular formula is C20H12F6. The molecule has 0 aliphatic carbocycles. The van der Waals surface area contributed by atoms with Crippen LogP contribution in [0.3, 0.4) is 0 Å². The van der Waals surface area contributed by atoms with E-state index in [9.17, 15) is 26.3 Å². The van der Waals surface area contributed by atoms with Gasteiger partial charge >= 0.3 is 6.18 Å². The van der Waals surface area contributed by atoms with Crippen molar-refractivity contribution < 1.29 is 26.3 Å². The van der Waals surface area contributed by atoms with Crippen LogP contribution in [0.5, 0.6) is 0 Å². The largest absolute Gasteiger partial charge is 0.422 e. The topological polar surface area (TPSA) is 0 Å². The lowest BCUT2D eigenvalue weighted by atomic mass is 9.94. The Hall–Kier alpha value is -2.76. The Kier molecular flexibility index (Phi) is 4.52. The molecule has 26 heavy (non-hydrogen) atoms. The second-order valence-corrected chi connectivity index (χ2v) is 5.78. The fraction of sp³-hybridized carbons (Fsp3) is 0.100. The molecule has 0 radical (unpaired) electrons. The fourth-order valence-corrected chi connectivity index (χ4v) is 2.80. The SMILES string of the molecule is Cc1c(-c2ccc(-c3ccccc3)cc2F)cc(F)c(C(F)(F)F)c1F. The van der Waals surface area contributed by atoms with E-state index in [1.807, 2.05) is 0 Å². The van der Waals surface area contributed by atoms with Gasteiger partial charge in [0.2, 0.25) is 0 Å². The van der Waals surface area contributed by atoms with Gasteiger partial charge < -0.3 is 0 Å². The second kappa shape index (κ2) is 6.52. The lowest BCUT2D eigenvalue weighted by Crippen LogP contribution is -2.13. The average molecular weight is 366 g/mol. The van der Waals surface area contributed by atoms with Gasteiger partial charge in [-0.3, -0.25) is 0 Å². The summed E-state index contributed by atoms with van der Waals surface area (Å²) >= 11 is 0. The quantitative estimate of drug-likeness (QED) is 0.439. The van der Waals surface area contributed by atoms with Crippen molar-refractivity contribution in [2.24, 2.45) is 0 Å². The molecule has 0 aliphatic heterocycles. The summed E-state index contributed by atoms with van der Waals surface area (Å²) in [7, 11) is 0. The first kappa shape index (κ1) is 18.0. The van der Waals surface area contributed by atoms with E-state index in [1.165, 1.54) is 12.1 Å². The minimum Gasteiger partial charge on any atom is -0.206 e. The summed E-state index contributed by atoms with van der Waals surface area (Å²) < 4.78 is 80.9. The number of halogens is 6. The van der Waals surface area contributed by atoms with Crippen LogP contribution in [0.2, 0.25) is 0 Å². The van der Waals surface area contributed by atoms with Crippen LogP contribution in [-0.2, 0) is 6.18 Å². The van der Waals surface area contributed by atoms with Crippen molar-refractivity contribution >= 4 is 0 Å². The molecule has 0 saturated heterocycles. The van der Waals surface area contributed by atoms with Crippen molar-refractivity contribution in [2.45, 2.75) is 13.1 Å². The minimum atomic E-state index is -5.17. The smallest absolute Gasteiger partial charge is 0.206 e. The van der Waals surface area contributed by atoms with Gasteiger partial charge in [-0.2, -0.15) is 13.2 Å². The van der Waals surface area contributed by atoms with E-state index in [2.05, 4.69) is 0 Å². The molecule has 3 rings (SSSR count). The summed E-state index contributed by atoms with van der Waals surface area (Å²) in [5.41, 5.74) is -1.60. The zero-order valence-corrected chi connectivity index (χ0v) is 13.5. The maximum Gasteiger partial charge on any atom is 0.422 e. The molecule has 0 atom stereocenters. The zero-order chi connectivity index (χ0) is 19.1. The minimum absolute atomic E-state index is 0.172. The fourth-order valence-electron chi connectivity index (χ4n) is 2.80. The van der Waals surface area contributed by atoms with Gasteiger partial charge in [0, 0.05) is 5.56 Å². The van der Waals surface area contributed by atoms with Crippen LogP contribution in [0, 0.1) is 24.4 Å². The summed E-state index contributed by atoms with van der Waals surface area (Å²) in [6.45, 7) is 1.06. The van der Waals surface area contributed by atoms with Crippen LogP contribution in [0.25, 0.3) is 22.3 Å². The number of hydrogen-bond acceptors (Lipinski definition) is 0. The predicted octanol–water partition coefficient (Wildman–Crippen LogP) is 6.77. The van der Waals surface area contributed by atoms with Gasteiger partial charge in [0.15, 0.2) is 0 Å². The van der Waals surface area contributed by atoms with Gasteiger partial charge in [0.25, 0.3) is 0 Å². The summed E-state index contributed by atoms with van der Waals surface area (Å²) in [4.78, 5) is 0. The van der Waals surface area contributed by atoms with E-state index in [-0.39, 0.29) is 11.1 Å². The van der Waals surface area contributed by atoms with Crippen molar-refractivity contribution in [1.29, 1.82) is 0 Å². The molecule has 3 aromatic carbocycles. The van der Waals surface area contributed by atoms with Crippen LogP contribution in [0.4, 0.5) is 26.3 Å². The Morgan fingerprint density at radius 3 is 1.92 bits per heavy atom. The Balaban J connectivity index is 2.13. The molecule has 0 fully saturated rings. The highest BCUT2D eigenvalue weighted by atomic mass is 19.4. The lowest BCUT2D eigenvalue weighted by Gasteiger charge is -2.15. The summed E-state index contributed by atoms with van der Waals surface area (Å²) in [5.74, 6) is -4.30. The number of alkyl halides is 3. The summed E-state index contributed by atoms with van der Waals surface area (Å²) in [5, 5.41) is 0. The molecule has 0 nitrogen and oxygen atoms in total. The molecule has 6 heteroatoms. The Morgan fingerprint density at radius 2 is 1.35 bits per heavy atom. The average Bonchev–Trinajstić information content (AvgIpc) is 2.58. The molecule has 0 spiro atoms. The maximum atomic E-state index is 14.5. The van der Waals surface area contributed by atoms with Crippen molar-refractivity contribution in [1.82, 2.24) is 0 Å². The maximum absolute atomic E-state index is 14.5. The van der Waals surface area contributed by atoms with Gasteiger partial charge in [-0.05, 0) is 41.3 Å². The molecule has 0 heterocycles. The van der Waals surface area contributed by atoms with Crippen molar-refractivity contribution in [3.05, 3.63) is 83.2 Å². The standard InChI is InChI=1S/C20H12F6/c1-11-15(10-17(22)18(19(11)23)20(24,25)26)14-8-7-13(9-16(14)21)12-5-3-2-4-6-12/h2-10H,1H3. The molecule has 0 N–H and O–H groups in total. The lowest BCUT2D eigenvalue weighted by molar-refractivity contribution is -0.142. The first-order valence-corrected chi connectivity index (χ1v) is 7.61. The Bertz CT molecular complexity index is 958. The highest BCUT2D eigenvalue weighted by molar-refractivity contribution is 5.73. The molecule has 0 aliphatic rings. The highest BCUT2D eigenvalue weighted by Gasteiger charge is 2.39. The molecule has 3 aromatic rings. The van der Waals surface area contributed by atoms with E-state index in [0.717, 1.165) is 12.5 Å². The van der Waals surface area contributed by atoms with Gasteiger partial charge in [-0.25, -0.2) is 13.2 Å². The molecule has 0 amide bonds. The number of benzene rings is 3. The number of hydrogen-bond donors (Lipinski definition) is 0. The van der Waals surface area contributed by atoms with Crippen LogP contribution >= 0.6 is 0 Å². The molecule has 0 saturated carbocycles. The van der Waals surface area contributed by atoms with Gasteiger partial charge in [-0.15, -0.1) is 0 Å². The predicted molar refractivity (Wildman–Crippen MR) is 86.9 cm³/mol. The Labute approximate surface area is 145 Å². The third-order valence-corrected chi connectivity index (χ3v) is 4.11. The second-order valence-electron chi connectivity index (χ2n) is 5.78. The third-order valence-electron chi connectivity index (χ3n) is 4.11. The molecular weight excluding hydrogens is 354 g/mol. The van der Waals surface area contributed by atoms with Gasteiger partial charge in [0.05, 0.1) is 0 Å². The normalized spacial score (nSPS) is 11.7. The molecule has 0 unspecified atom stereocenters. The van der Waals surface area contributed by atoms with Crippen molar-refractivity contribution in [3.8, 4) is 22.3 Å². The van der Waals surface area contributed by atoms with E-state index in [0.29, 0.717) is 11.6 Å². The molecule has 0 aromatic heterocycles. The molecule has 134 valence electrons. The van der Waals surface area contributed by atoms with Crippen LogP contribution in [0.1, 0.15) is 11.1 Å². The monoisotopic (exact) mass is 366 g/mol. The third kappa shape index (κ3) is 3.19. The Morgan fingerprint density at radius 1 is 0.692 bits per heavy atom. The first-order valence-electron chi connectivity index (χ1n) is 7.61.